The number of nitrogens with two attached hydrogens (primary N) is 1. The molecule has 0 amide bonds. The fourth-order valence-electron chi connectivity index (χ4n) is 3.12. The van der Waals surface area contributed by atoms with E-state index in [1.54, 1.807) is 26.4 Å². The number of methoxy groups -OCH3 is 2. The van der Waals surface area contributed by atoms with Gasteiger partial charge in [0, 0.05) is 28.2 Å². The summed E-state index contributed by atoms with van der Waals surface area (Å²) in [5.74, 6) is 1.19. The van der Waals surface area contributed by atoms with Crippen LogP contribution in [0.3, 0.4) is 0 Å². The molecule has 2 aromatic carbocycles. The third kappa shape index (κ3) is 3.61. The number of halogens is 1. The number of unbranched alkanes of at least 4 members (excludes halogenated alkanes) is 1. The number of aromatic amines is 1. The second-order valence-corrected chi connectivity index (χ2v) is 6.02. The molecule has 4 nitrogen and oxygen atoms in total. The lowest BCUT2D eigenvalue weighted by Crippen LogP contribution is -1.99. The maximum absolute atomic E-state index is 13.8. The first-order valence-corrected chi connectivity index (χ1v) is 8.40. The van der Waals surface area contributed by atoms with E-state index in [4.69, 9.17) is 15.2 Å². The van der Waals surface area contributed by atoms with Crippen molar-refractivity contribution in [2.45, 2.75) is 19.3 Å². The number of hydrogen-bond donors (Lipinski definition) is 2. The second kappa shape index (κ2) is 7.57. The summed E-state index contributed by atoms with van der Waals surface area (Å²) in [7, 11) is 3.25. The van der Waals surface area contributed by atoms with Crippen molar-refractivity contribution < 1.29 is 13.9 Å². The van der Waals surface area contributed by atoms with E-state index in [1.807, 2.05) is 18.2 Å². The van der Waals surface area contributed by atoms with Gasteiger partial charge in [0.25, 0.3) is 0 Å². The van der Waals surface area contributed by atoms with Crippen LogP contribution in [0.2, 0.25) is 0 Å². The van der Waals surface area contributed by atoms with Crippen LogP contribution >= 0.6 is 0 Å². The third-order valence-electron chi connectivity index (χ3n) is 4.39. The number of aryl methyl sites for hydroxylation is 1. The molecule has 1 aromatic heterocycles. The van der Waals surface area contributed by atoms with Crippen molar-refractivity contribution in [2.24, 2.45) is 5.73 Å². The summed E-state index contributed by atoms with van der Waals surface area (Å²) in [5, 5.41) is 0.911. The van der Waals surface area contributed by atoms with Gasteiger partial charge in [-0.15, -0.1) is 0 Å². The van der Waals surface area contributed by atoms with Crippen molar-refractivity contribution in [3.63, 3.8) is 0 Å². The van der Waals surface area contributed by atoms with Crippen LogP contribution in [-0.4, -0.2) is 25.7 Å². The van der Waals surface area contributed by atoms with E-state index < -0.39 is 0 Å². The molecular weight excluding hydrogens is 319 g/mol. The summed E-state index contributed by atoms with van der Waals surface area (Å²) in [6, 6.07) is 10.6. The number of aromatic nitrogens is 1. The molecule has 0 atom stereocenters. The summed E-state index contributed by atoms with van der Waals surface area (Å²) in [5.41, 5.74) is 9.56. The quantitative estimate of drug-likeness (QED) is 0.630. The van der Waals surface area contributed by atoms with Gasteiger partial charge in [0.05, 0.1) is 14.2 Å². The molecular formula is C20H23FN2O2. The van der Waals surface area contributed by atoms with E-state index in [9.17, 15) is 4.39 Å². The van der Waals surface area contributed by atoms with Gasteiger partial charge in [-0.25, -0.2) is 4.39 Å². The van der Waals surface area contributed by atoms with Crippen LogP contribution in [0.4, 0.5) is 4.39 Å². The molecule has 3 rings (SSSR count). The Morgan fingerprint density at radius 3 is 2.36 bits per heavy atom. The Kier molecular flexibility index (Phi) is 5.24. The monoisotopic (exact) mass is 342 g/mol. The Balaban J connectivity index is 2.15. The summed E-state index contributed by atoms with van der Waals surface area (Å²) in [6.45, 7) is 0.652. The summed E-state index contributed by atoms with van der Waals surface area (Å²) in [6.07, 6.45) is 2.71. The normalized spacial score (nSPS) is 11.0. The topological polar surface area (TPSA) is 60.3 Å². The highest BCUT2D eigenvalue weighted by Crippen LogP contribution is 2.35. The van der Waals surface area contributed by atoms with Gasteiger partial charge < -0.3 is 20.2 Å². The van der Waals surface area contributed by atoms with Crippen LogP contribution in [0, 0.1) is 5.82 Å². The molecule has 0 aliphatic heterocycles. The number of nitrogens with one attached hydrogen (secondary N) is 1. The zero-order valence-corrected chi connectivity index (χ0v) is 14.6. The first-order chi connectivity index (χ1) is 12.2. The number of rotatable bonds is 7. The van der Waals surface area contributed by atoms with E-state index in [0.717, 1.165) is 47.0 Å². The first-order valence-electron chi connectivity index (χ1n) is 8.40. The molecule has 0 bridgehead atoms. The molecule has 0 aliphatic carbocycles. The lowest BCUT2D eigenvalue weighted by Gasteiger charge is -2.10. The van der Waals surface area contributed by atoms with E-state index in [0.29, 0.717) is 18.0 Å². The molecule has 0 aliphatic rings. The number of H-pyrrole nitrogens is 1. The molecule has 132 valence electrons. The Hall–Kier alpha value is -2.53. The van der Waals surface area contributed by atoms with Crippen molar-refractivity contribution in [3.8, 4) is 22.8 Å². The van der Waals surface area contributed by atoms with Crippen molar-refractivity contribution >= 4 is 10.9 Å². The smallest absolute Gasteiger partial charge is 0.123 e. The summed E-state index contributed by atoms with van der Waals surface area (Å²) >= 11 is 0. The van der Waals surface area contributed by atoms with Crippen molar-refractivity contribution in [3.05, 3.63) is 47.8 Å². The summed E-state index contributed by atoms with van der Waals surface area (Å²) in [4.78, 5) is 3.43. The van der Waals surface area contributed by atoms with Gasteiger partial charge in [0.2, 0.25) is 0 Å². The Bertz CT molecular complexity index is 851. The molecule has 3 N–H and O–H groups in total. The van der Waals surface area contributed by atoms with Crippen LogP contribution in [0.25, 0.3) is 22.2 Å². The molecule has 0 radical (unpaired) electrons. The predicted molar refractivity (Wildman–Crippen MR) is 98.8 cm³/mol. The fourth-order valence-corrected chi connectivity index (χ4v) is 3.12. The molecule has 0 fully saturated rings. The highest BCUT2D eigenvalue weighted by molar-refractivity contribution is 5.91. The first kappa shape index (κ1) is 17.3. The van der Waals surface area contributed by atoms with E-state index in [1.165, 1.54) is 6.07 Å². The number of ether oxygens (including phenoxy) is 2. The minimum atomic E-state index is -0.235. The number of hydrogen-bond acceptors (Lipinski definition) is 3. The van der Waals surface area contributed by atoms with Gasteiger partial charge in [-0.05, 0) is 61.7 Å². The van der Waals surface area contributed by atoms with Gasteiger partial charge in [-0.2, -0.15) is 0 Å². The molecule has 0 saturated carbocycles. The van der Waals surface area contributed by atoms with Gasteiger partial charge in [0.15, 0.2) is 0 Å². The Labute approximate surface area is 146 Å². The maximum atomic E-state index is 13.8. The summed E-state index contributed by atoms with van der Waals surface area (Å²) < 4.78 is 24.5. The number of benzene rings is 2. The Morgan fingerprint density at radius 1 is 1.00 bits per heavy atom. The van der Waals surface area contributed by atoms with Crippen LogP contribution in [0.1, 0.15) is 18.4 Å². The van der Waals surface area contributed by atoms with Crippen LogP contribution in [0.5, 0.6) is 11.5 Å². The SMILES string of the molecule is COc1cc(OC)cc(-c2[nH]c3ccc(F)cc3c2CCCCN)c1. The lowest BCUT2D eigenvalue weighted by atomic mass is 10.00. The minimum absolute atomic E-state index is 0.235. The van der Waals surface area contributed by atoms with Gasteiger partial charge in [-0.3, -0.25) is 0 Å². The molecule has 25 heavy (non-hydrogen) atoms. The van der Waals surface area contributed by atoms with E-state index in [-0.39, 0.29) is 5.82 Å². The highest BCUT2D eigenvalue weighted by Gasteiger charge is 2.15. The third-order valence-corrected chi connectivity index (χ3v) is 4.39. The second-order valence-electron chi connectivity index (χ2n) is 6.02. The fraction of sp³-hybridized carbons (Fsp3) is 0.300. The zero-order chi connectivity index (χ0) is 17.8. The average Bonchev–Trinajstić information content (AvgIpc) is 2.99. The molecule has 0 spiro atoms. The van der Waals surface area contributed by atoms with Crippen molar-refractivity contribution in [2.75, 3.05) is 20.8 Å². The van der Waals surface area contributed by atoms with Gasteiger partial charge in [0.1, 0.15) is 17.3 Å². The van der Waals surface area contributed by atoms with Crippen LogP contribution in [0.15, 0.2) is 36.4 Å². The Morgan fingerprint density at radius 2 is 1.72 bits per heavy atom. The molecule has 0 unspecified atom stereocenters. The molecule has 1 heterocycles. The molecule has 3 aromatic rings. The lowest BCUT2D eigenvalue weighted by molar-refractivity contribution is 0.394. The minimum Gasteiger partial charge on any atom is -0.497 e. The maximum Gasteiger partial charge on any atom is 0.123 e. The molecule has 5 heteroatoms. The van der Waals surface area contributed by atoms with Gasteiger partial charge >= 0.3 is 0 Å². The van der Waals surface area contributed by atoms with Crippen molar-refractivity contribution in [1.82, 2.24) is 4.98 Å². The van der Waals surface area contributed by atoms with E-state index in [2.05, 4.69) is 4.98 Å². The predicted octanol–water partition coefficient (Wildman–Crippen LogP) is 4.27. The highest BCUT2D eigenvalue weighted by atomic mass is 19.1. The molecule has 0 saturated heterocycles. The van der Waals surface area contributed by atoms with Crippen molar-refractivity contribution in [1.29, 1.82) is 0 Å². The van der Waals surface area contributed by atoms with Gasteiger partial charge in [-0.1, -0.05) is 0 Å². The zero-order valence-electron chi connectivity index (χ0n) is 14.6. The van der Waals surface area contributed by atoms with Crippen LogP contribution < -0.4 is 15.2 Å². The average molecular weight is 342 g/mol. The number of fused-ring (bicyclic) bond motifs is 1. The van der Waals surface area contributed by atoms with E-state index >= 15 is 0 Å². The largest absolute Gasteiger partial charge is 0.497 e. The standard InChI is InChI=1S/C20H23FN2O2/c1-24-15-9-13(10-16(12-15)25-2)20-17(5-3-4-8-22)18-11-14(21)6-7-19(18)23-20/h6-7,9-12,23H,3-5,8,22H2,1-2H3. The van der Waals surface area contributed by atoms with Crippen LogP contribution in [-0.2, 0) is 6.42 Å².